The first-order valence-corrected chi connectivity index (χ1v) is 26.9. The van der Waals surface area contributed by atoms with E-state index in [1.165, 1.54) is 38.5 Å². The van der Waals surface area contributed by atoms with E-state index in [2.05, 4.69) is 88.2 Å². The van der Waals surface area contributed by atoms with Crippen LogP contribution in [0, 0.1) is 95.3 Å². The Labute approximate surface area is 382 Å². The van der Waals surface area contributed by atoms with E-state index in [0.29, 0.717) is 0 Å². The molecule has 0 bridgehead atoms. The van der Waals surface area contributed by atoms with Crippen LogP contribution in [-0.2, 0) is 43.4 Å². The molecule has 6 rings (SSSR count). The summed E-state index contributed by atoms with van der Waals surface area (Å²) in [6.45, 7) is 34.6. The number of rotatable bonds is 6. The summed E-state index contributed by atoms with van der Waals surface area (Å²) in [5.74, 6) is 10.3. The van der Waals surface area contributed by atoms with Crippen molar-refractivity contribution >= 4 is 16.5 Å². The Bertz CT molecular complexity index is 988. The van der Waals surface area contributed by atoms with Crippen LogP contribution < -0.4 is 0 Å². The van der Waals surface area contributed by atoms with Gasteiger partial charge >= 0.3 is 43.4 Å². The zero-order valence-corrected chi connectivity index (χ0v) is 44.4. The van der Waals surface area contributed by atoms with Gasteiger partial charge in [0.05, 0.1) is 0 Å². The van der Waals surface area contributed by atoms with Gasteiger partial charge in [0.15, 0.2) is 0 Å². The van der Waals surface area contributed by atoms with E-state index in [4.69, 9.17) is 9.96 Å². The monoisotopic (exact) mass is 866 g/mol. The minimum Gasteiger partial charge on any atom is -0.660 e. The van der Waals surface area contributed by atoms with Gasteiger partial charge in [0.2, 0.25) is 0 Å². The first kappa shape index (κ1) is 62.8. The van der Waals surface area contributed by atoms with Gasteiger partial charge in [0.25, 0.3) is 0 Å². The van der Waals surface area contributed by atoms with Crippen molar-refractivity contribution in [1.29, 1.82) is 0 Å². The maximum atomic E-state index is 5.39. The van der Waals surface area contributed by atoms with E-state index in [0.717, 1.165) is 70.3 Å². The largest absolute Gasteiger partial charge is 4.00 e. The van der Waals surface area contributed by atoms with Crippen LogP contribution in [-0.4, -0.2) is 27.5 Å². The average molecular weight is 866 g/mol. The summed E-state index contributed by atoms with van der Waals surface area (Å²) < 4.78 is 0. The van der Waals surface area contributed by atoms with Gasteiger partial charge in [-0.2, -0.15) is 31.2 Å². The van der Waals surface area contributed by atoms with Crippen LogP contribution >= 0.6 is 0 Å². The predicted molar refractivity (Wildman–Crippen MR) is 252 cm³/mol. The minimum atomic E-state index is -1.50. The SMILES string of the molecule is C.C=C[CH-]/C=C/C.CC1CC2CC3CCCC3CC2C1[Si](C)(C)[N-]C(C)(C)C.CC1CC2CC3CCCC3CC2C1[Si](C)(C)[N-]C(C)(C)C.[CH3-].[CH3-].[CH3-].[CH3-].[Ti+3].[Ti+4]. The van der Waals surface area contributed by atoms with E-state index in [1.54, 1.807) is 44.6 Å². The molecule has 0 spiro atoms. The number of hydrogen-bond donors (Lipinski definition) is 0. The molecule has 0 amide bonds. The van der Waals surface area contributed by atoms with E-state index in [-0.39, 0.29) is 91.6 Å². The molecule has 0 aliphatic heterocycles. The smallest absolute Gasteiger partial charge is 0.660 e. The Kier molecular flexibility index (Phi) is 29.4. The molecule has 6 aliphatic rings. The van der Waals surface area contributed by atoms with E-state index >= 15 is 0 Å². The summed E-state index contributed by atoms with van der Waals surface area (Å²) in [7, 11) is -2.99. The number of allylic oxidation sites excluding steroid dienone is 3. The Hall–Kier alpha value is 1.13. The molecule has 55 heavy (non-hydrogen) atoms. The third-order valence-electron chi connectivity index (χ3n) is 14.0. The van der Waals surface area contributed by atoms with Crippen LogP contribution in [0.1, 0.15) is 147 Å². The standard InChI is InChI=1S/2C19H36NSi.C6H9.CH4.4CH3.2Ti/c2*1-13-10-16-11-14-8-7-9-15(14)12-17(16)18(13)21(5,6)20-19(2,3)4;1-3-5-6-4-2;;;;;;;/h2*13-18H,7-12H2,1-6H3;3-6H,1H2,2H3;1H4;4*1H3;;/q3*-1;;4*-1;+3;+4/b;;6-4+;;;;;;;. The molecule has 6 aliphatic carbocycles. The van der Waals surface area contributed by atoms with Crippen LogP contribution in [0.3, 0.4) is 0 Å². The third kappa shape index (κ3) is 16.8. The van der Waals surface area contributed by atoms with Crippen molar-refractivity contribution in [2.24, 2.45) is 59.2 Å². The molecule has 12 unspecified atom stereocenters. The zero-order chi connectivity index (χ0) is 35.7. The van der Waals surface area contributed by atoms with Gasteiger partial charge in [-0.05, 0) is 97.7 Å². The fraction of sp³-hybridized carbons (Fsp3) is 0.816. The maximum absolute atomic E-state index is 5.39. The van der Waals surface area contributed by atoms with Gasteiger partial charge in [-0.15, -0.1) is 11.1 Å². The maximum Gasteiger partial charge on any atom is 4.00 e. The molecule has 0 aromatic carbocycles. The normalized spacial score (nSPS) is 34.3. The average Bonchev–Trinajstić information content (AvgIpc) is 3.70. The fourth-order valence-corrected chi connectivity index (χ4v) is 23.4. The van der Waals surface area contributed by atoms with Crippen molar-refractivity contribution in [3.05, 3.63) is 70.9 Å². The Morgan fingerprint density at radius 3 is 1.15 bits per heavy atom. The van der Waals surface area contributed by atoms with Crippen molar-refractivity contribution in [3.63, 3.8) is 0 Å². The fourth-order valence-electron chi connectivity index (χ4n) is 13.7. The van der Waals surface area contributed by atoms with Crippen molar-refractivity contribution in [3.8, 4) is 0 Å². The quantitative estimate of drug-likeness (QED) is 0.188. The van der Waals surface area contributed by atoms with Gasteiger partial charge in [-0.3, -0.25) is 0 Å². The summed E-state index contributed by atoms with van der Waals surface area (Å²) in [6.07, 6.45) is 26.0. The van der Waals surface area contributed by atoms with Crippen LogP contribution in [0.5, 0.6) is 0 Å². The summed E-state index contributed by atoms with van der Waals surface area (Å²) in [4.78, 5) is 10.8. The first-order chi connectivity index (χ1) is 22.3. The van der Waals surface area contributed by atoms with E-state index < -0.39 is 16.5 Å². The third-order valence-corrected chi connectivity index (χ3v) is 21.8. The van der Waals surface area contributed by atoms with E-state index in [1.807, 2.05) is 25.5 Å². The van der Waals surface area contributed by atoms with Gasteiger partial charge in [-0.25, -0.2) is 0 Å². The molecule has 0 aromatic rings. The van der Waals surface area contributed by atoms with E-state index in [9.17, 15) is 0 Å². The number of fused-ring (bicyclic) bond motifs is 4. The molecule has 12 atom stereocenters. The second-order valence-corrected chi connectivity index (χ2v) is 29.4. The van der Waals surface area contributed by atoms with Crippen LogP contribution in [0.4, 0.5) is 0 Å². The number of nitrogens with zero attached hydrogens (tertiary/aromatic N) is 2. The van der Waals surface area contributed by atoms with Crippen molar-refractivity contribution in [1.82, 2.24) is 0 Å². The molecule has 6 fully saturated rings. The summed E-state index contributed by atoms with van der Waals surface area (Å²) >= 11 is 0. The van der Waals surface area contributed by atoms with Crippen LogP contribution in [0.25, 0.3) is 9.96 Å². The van der Waals surface area contributed by atoms with Crippen LogP contribution in [0.15, 0.2) is 24.8 Å². The molecule has 2 nitrogen and oxygen atoms in total. The predicted octanol–water partition coefficient (Wildman–Crippen LogP) is 16.8. The topological polar surface area (TPSA) is 28.2 Å². The van der Waals surface area contributed by atoms with Gasteiger partial charge in [0.1, 0.15) is 0 Å². The first-order valence-electron chi connectivity index (χ1n) is 20.8. The molecular formula is C49H97N2Si2Ti2. The number of hydrogen-bond acceptors (Lipinski definition) is 0. The molecule has 6 heteroatoms. The minimum absolute atomic E-state index is 0. The Morgan fingerprint density at radius 1 is 0.582 bits per heavy atom. The van der Waals surface area contributed by atoms with Gasteiger partial charge in [-0.1, -0.05) is 162 Å². The second-order valence-electron chi connectivity index (χ2n) is 21.0. The molecule has 0 aromatic heterocycles. The molecule has 1 radical (unpaired) electrons. The molecule has 0 N–H and O–H groups in total. The van der Waals surface area contributed by atoms with Crippen LogP contribution in [0.2, 0.25) is 37.3 Å². The molecule has 0 heterocycles. The zero-order valence-electron chi connectivity index (χ0n) is 39.3. The second kappa shape index (κ2) is 25.8. The van der Waals surface area contributed by atoms with Crippen molar-refractivity contribution < 1.29 is 43.4 Å². The van der Waals surface area contributed by atoms with Crippen molar-refractivity contribution in [2.75, 3.05) is 0 Å². The summed E-state index contributed by atoms with van der Waals surface area (Å²) in [5.41, 5.74) is 2.20. The van der Waals surface area contributed by atoms with Gasteiger partial charge < -0.3 is 39.7 Å². The van der Waals surface area contributed by atoms with Gasteiger partial charge in [0, 0.05) is 0 Å². The summed E-state index contributed by atoms with van der Waals surface area (Å²) in [5, 5.41) is 0. The Balaban J connectivity index is -0.000000371. The Morgan fingerprint density at radius 2 is 0.891 bits per heavy atom. The van der Waals surface area contributed by atoms with Crippen molar-refractivity contribution in [2.45, 2.75) is 195 Å². The molecule has 319 valence electrons. The molecule has 6 saturated carbocycles. The molecular weight excluding hydrogens is 768 g/mol. The summed E-state index contributed by atoms with van der Waals surface area (Å²) in [6, 6.07) is 0. The molecule has 0 saturated heterocycles.